The van der Waals surface area contributed by atoms with E-state index in [1.807, 2.05) is 24.3 Å². The summed E-state index contributed by atoms with van der Waals surface area (Å²) in [5, 5.41) is 5.82. The highest BCUT2D eigenvalue weighted by molar-refractivity contribution is 5.92. The van der Waals surface area contributed by atoms with Crippen LogP contribution in [0.15, 0.2) is 36.9 Å². The number of rotatable bonds is 6. The molecule has 1 aliphatic heterocycles. The summed E-state index contributed by atoms with van der Waals surface area (Å²) in [6.45, 7) is 7.88. The number of nitrogens with zero attached hydrogens (tertiary/aromatic N) is 1. The van der Waals surface area contributed by atoms with Gasteiger partial charge in [0.05, 0.1) is 19.8 Å². The molecule has 1 aromatic rings. The summed E-state index contributed by atoms with van der Waals surface area (Å²) in [4.78, 5) is 13.9. The molecular formula is C15H21N3O2. The van der Waals surface area contributed by atoms with Crippen LogP contribution in [0.3, 0.4) is 0 Å². The van der Waals surface area contributed by atoms with Gasteiger partial charge in [-0.05, 0) is 24.3 Å². The standard InChI is InChI=1S/C15H21N3O2/c1-2-7-16-12-15(19)17-13-3-5-14(6-4-13)18-8-10-20-11-9-18/h2-6,16H,1,7-12H2,(H,17,19). The predicted octanol–water partition coefficient (Wildman–Crippen LogP) is 1.24. The van der Waals surface area contributed by atoms with Crippen LogP contribution in [0, 0.1) is 0 Å². The van der Waals surface area contributed by atoms with Gasteiger partial charge < -0.3 is 20.3 Å². The van der Waals surface area contributed by atoms with Gasteiger partial charge in [0.15, 0.2) is 0 Å². The number of carbonyl (C=O) groups excluding carboxylic acids is 1. The number of carbonyl (C=O) groups is 1. The van der Waals surface area contributed by atoms with Gasteiger partial charge in [-0.25, -0.2) is 0 Å². The average Bonchev–Trinajstić information content (AvgIpc) is 2.49. The van der Waals surface area contributed by atoms with Gasteiger partial charge in [0.2, 0.25) is 5.91 Å². The minimum atomic E-state index is -0.0500. The predicted molar refractivity (Wildman–Crippen MR) is 81.2 cm³/mol. The molecule has 1 fully saturated rings. The number of hydrogen-bond donors (Lipinski definition) is 2. The number of hydrogen-bond acceptors (Lipinski definition) is 4. The minimum absolute atomic E-state index is 0.0500. The van der Waals surface area contributed by atoms with Crippen molar-refractivity contribution in [1.82, 2.24) is 5.32 Å². The number of benzene rings is 1. The maximum absolute atomic E-state index is 11.6. The van der Waals surface area contributed by atoms with Crippen molar-refractivity contribution in [3.8, 4) is 0 Å². The summed E-state index contributed by atoms with van der Waals surface area (Å²) in [5.41, 5.74) is 1.98. The van der Waals surface area contributed by atoms with Gasteiger partial charge in [-0.3, -0.25) is 4.79 Å². The molecule has 1 saturated heterocycles. The first-order valence-electron chi connectivity index (χ1n) is 6.84. The molecule has 0 spiro atoms. The van der Waals surface area contributed by atoms with Crippen LogP contribution in [0.5, 0.6) is 0 Å². The molecule has 0 unspecified atom stereocenters. The lowest BCUT2D eigenvalue weighted by Gasteiger charge is -2.28. The molecule has 108 valence electrons. The Hall–Kier alpha value is -1.85. The Morgan fingerprint density at radius 2 is 2.00 bits per heavy atom. The minimum Gasteiger partial charge on any atom is -0.378 e. The molecule has 2 N–H and O–H groups in total. The van der Waals surface area contributed by atoms with Crippen molar-refractivity contribution in [1.29, 1.82) is 0 Å². The van der Waals surface area contributed by atoms with E-state index < -0.39 is 0 Å². The quantitative estimate of drug-likeness (QED) is 0.606. The highest BCUT2D eigenvalue weighted by Crippen LogP contribution is 2.18. The van der Waals surface area contributed by atoms with E-state index in [2.05, 4.69) is 22.1 Å². The highest BCUT2D eigenvalue weighted by Gasteiger charge is 2.10. The van der Waals surface area contributed by atoms with Crippen molar-refractivity contribution < 1.29 is 9.53 Å². The number of nitrogens with one attached hydrogen (secondary N) is 2. The first kappa shape index (κ1) is 14.6. The molecular weight excluding hydrogens is 254 g/mol. The van der Waals surface area contributed by atoms with Crippen LogP contribution < -0.4 is 15.5 Å². The topological polar surface area (TPSA) is 53.6 Å². The third kappa shape index (κ3) is 4.36. The van der Waals surface area contributed by atoms with Gasteiger partial charge in [0.1, 0.15) is 0 Å². The van der Waals surface area contributed by atoms with E-state index in [1.165, 1.54) is 0 Å². The van der Waals surface area contributed by atoms with E-state index in [0.717, 1.165) is 37.7 Å². The van der Waals surface area contributed by atoms with E-state index in [4.69, 9.17) is 4.74 Å². The van der Waals surface area contributed by atoms with Crippen molar-refractivity contribution in [2.45, 2.75) is 0 Å². The monoisotopic (exact) mass is 275 g/mol. The number of morpholine rings is 1. The third-order valence-corrected chi connectivity index (χ3v) is 3.10. The summed E-state index contributed by atoms with van der Waals surface area (Å²) >= 11 is 0. The average molecular weight is 275 g/mol. The van der Waals surface area contributed by atoms with Crippen LogP contribution in [-0.2, 0) is 9.53 Å². The summed E-state index contributed by atoms with van der Waals surface area (Å²) in [5.74, 6) is -0.0500. The Morgan fingerprint density at radius 1 is 1.30 bits per heavy atom. The van der Waals surface area contributed by atoms with E-state index in [-0.39, 0.29) is 12.5 Å². The molecule has 0 atom stereocenters. The smallest absolute Gasteiger partial charge is 0.238 e. The van der Waals surface area contributed by atoms with Crippen molar-refractivity contribution in [3.05, 3.63) is 36.9 Å². The molecule has 0 bridgehead atoms. The summed E-state index contributed by atoms with van der Waals surface area (Å²) < 4.78 is 5.33. The lowest BCUT2D eigenvalue weighted by Crippen LogP contribution is -2.36. The van der Waals surface area contributed by atoms with E-state index >= 15 is 0 Å². The molecule has 0 aliphatic carbocycles. The van der Waals surface area contributed by atoms with Gasteiger partial charge in [-0.2, -0.15) is 0 Å². The first-order chi connectivity index (χ1) is 9.79. The molecule has 5 heteroatoms. The van der Waals surface area contributed by atoms with Crippen molar-refractivity contribution in [2.24, 2.45) is 0 Å². The Kier molecular flexibility index (Phi) is 5.58. The van der Waals surface area contributed by atoms with Crippen molar-refractivity contribution in [3.63, 3.8) is 0 Å². The normalized spacial score (nSPS) is 14.9. The van der Waals surface area contributed by atoms with Crippen LogP contribution >= 0.6 is 0 Å². The zero-order valence-electron chi connectivity index (χ0n) is 11.6. The molecule has 0 aromatic heterocycles. The van der Waals surface area contributed by atoms with Gasteiger partial charge in [-0.15, -0.1) is 6.58 Å². The number of anilines is 2. The SMILES string of the molecule is C=CCNCC(=O)Nc1ccc(N2CCOCC2)cc1. The van der Waals surface area contributed by atoms with Crippen LogP contribution in [0.4, 0.5) is 11.4 Å². The largest absolute Gasteiger partial charge is 0.378 e. The van der Waals surface area contributed by atoms with Crippen LogP contribution in [-0.4, -0.2) is 45.3 Å². The maximum Gasteiger partial charge on any atom is 0.238 e. The first-order valence-corrected chi connectivity index (χ1v) is 6.84. The number of amides is 1. The Bertz CT molecular complexity index is 439. The maximum atomic E-state index is 11.6. The third-order valence-electron chi connectivity index (χ3n) is 3.10. The van der Waals surface area contributed by atoms with E-state index in [1.54, 1.807) is 6.08 Å². The summed E-state index contributed by atoms with van der Waals surface area (Å²) in [7, 11) is 0. The fourth-order valence-electron chi connectivity index (χ4n) is 2.07. The molecule has 1 aliphatic rings. The summed E-state index contributed by atoms with van der Waals surface area (Å²) in [6, 6.07) is 7.91. The van der Waals surface area contributed by atoms with E-state index in [0.29, 0.717) is 6.54 Å². The van der Waals surface area contributed by atoms with Crippen LogP contribution in [0.2, 0.25) is 0 Å². The molecule has 20 heavy (non-hydrogen) atoms. The molecule has 1 heterocycles. The Morgan fingerprint density at radius 3 is 2.65 bits per heavy atom. The molecule has 0 saturated carbocycles. The highest BCUT2D eigenvalue weighted by atomic mass is 16.5. The fraction of sp³-hybridized carbons (Fsp3) is 0.400. The second kappa shape index (κ2) is 7.67. The molecule has 5 nitrogen and oxygen atoms in total. The van der Waals surface area contributed by atoms with Gasteiger partial charge in [0, 0.05) is 31.0 Å². The lowest BCUT2D eigenvalue weighted by atomic mass is 10.2. The van der Waals surface area contributed by atoms with Gasteiger partial charge in [-0.1, -0.05) is 6.08 Å². The zero-order valence-corrected chi connectivity index (χ0v) is 11.6. The zero-order chi connectivity index (χ0) is 14.2. The summed E-state index contributed by atoms with van der Waals surface area (Å²) in [6.07, 6.45) is 1.73. The Labute approximate surface area is 119 Å². The molecule has 1 aromatic carbocycles. The molecule has 0 radical (unpaired) electrons. The molecule has 1 amide bonds. The molecule has 2 rings (SSSR count). The van der Waals surface area contributed by atoms with Crippen LogP contribution in [0.1, 0.15) is 0 Å². The lowest BCUT2D eigenvalue weighted by molar-refractivity contribution is -0.115. The van der Waals surface area contributed by atoms with Gasteiger partial charge in [0.25, 0.3) is 0 Å². The van der Waals surface area contributed by atoms with E-state index in [9.17, 15) is 4.79 Å². The Balaban J connectivity index is 1.84. The fourth-order valence-corrected chi connectivity index (χ4v) is 2.07. The van der Waals surface area contributed by atoms with Crippen LogP contribution in [0.25, 0.3) is 0 Å². The second-order valence-corrected chi connectivity index (χ2v) is 4.61. The number of ether oxygens (including phenoxy) is 1. The second-order valence-electron chi connectivity index (χ2n) is 4.61. The van der Waals surface area contributed by atoms with Crippen molar-refractivity contribution in [2.75, 3.05) is 49.6 Å². The van der Waals surface area contributed by atoms with Crippen molar-refractivity contribution >= 4 is 17.3 Å². The van der Waals surface area contributed by atoms with Gasteiger partial charge >= 0.3 is 0 Å².